The van der Waals surface area contributed by atoms with Crippen molar-refractivity contribution in [3.63, 3.8) is 0 Å². The second kappa shape index (κ2) is 9.53. The Morgan fingerprint density at radius 1 is 1.00 bits per heavy atom. The summed E-state index contributed by atoms with van der Waals surface area (Å²) in [6.45, 7) is 5.90. The second-order valence-electron chi connectivity index (χ2n) is 6.47. The highest BCUT2D eigenvalue weighted by Gasteiger charge is 2.12. The molecule has 0 radical (unpaired) electrons. The highest BCUT2D eigenvalue weighted by atomic mass is 32.2. The van der Waals surface area contributed by atoms with Crippen molar-refractivity contribution in [3.8, 4) is 0 Å². The molecule has 2 aromatic carbocycles. The molecule has 0 aliphatic heterocycles. The molecule has 7 nitrogen and oxygen atoms in total. The number of nitrogens with zero attached hydrogens (tertiary/aromatic N) is 2. The van der Waals surface area contributed by atoms with Crippen LogP contribution in [0.3, 0.4) is 0 Å². The van der Waals surface area contributed by atoms with Crippen LogP contribution in [-0.2, 0) is 4.79 Å². The van der Waals surface area contributed by atoms with Crippen LogP contribution in [0.15, 0.2) is 46.8 Å². The maximum Gasteiger partial charge on any atom is 0.325 e. The highest BCUT2D eigenvalue weighted by Crippen LogP contribution is 2.27. The summed E-state index contributed by atoms with van der Waals surface area (Å²) < 4.78 is 0.643. The first kappa shape index (κ1) is 20.8. The fourth-order valence-corrected chi connectivity index (χ4v) is 4.05. The van der Waals surface area contributed by atoms with E-state index in [4.69, 9.17) is 0 Å². The molecule has 1 heterocycles. The molecule has 150 valence electrons. The van der Waals surface area contributed by atoms with E-state index in [1.807, 2.05) is 63.2 Å². The van der Waals surface area contributed by atoms with Crippen LogP contribution in [0.1, 0.15) is 16.7 Å². The van der Waals surface area contributed by atoms with Crippen molar-refractivity contribution < 1.29 is 9.59 Å². The Morgan fingerprint density at radius 3 is 2.45 bits per heavy atom. The molecule has 0 saturated heterocycles. The van der Waals surface area contributed by atoms with E-state index in [2.05, 4.69) is 26.1 Å². The molecule has 29 heavy (non-hydrogen) atoms. The topological polar surface area (TPSA) is 96.0 Å². The van der Waals surface area contributed by atoms with Gasteiger partial charge in [0.05, 0.1) is 5.75 Å². The van der Waals surface area contributed by atoms with Gasteiger partial charge in [-0.25, -0.2) is 4.79 Å². The van der Waals surface area contributed by atoms with Gasteiger partial charge in [0.2, 0.25) is 11.0 Å². The number of aryl methyl sites for hydroxylation is 3. The van der Waals surface area contributed by atoms with Gasteiger partial charge in [0.25, 0.3) is 0 Å². The molecule has 0 atom stereocenters. The van der Waals surface area contributed by atoms with E-state index < -0.39 is 11.9 Å². The summed E-state index contributed by atoms with van der Waals surface area (Å²) in [6.07, 6.45) is 0. The van der Waals surface area contributed by atoms with Gasteiger partial charge in [-0.05, 0) is 44.5 Å². The summed E-state index contributed by atoms with van der Waals surface area (Å²) >= 11 is 2.58. The number of nitrogens with one attached hydrogen (secondary N) is 3. The minimum absolute atomic E-state index is 0.0689. The number of thioether (sulfide) groups is 1. The number of imide groups is 1. The Morgan fingerprint density at radius 2 is 1.72 bits per heavy atom. The number of carbonyl (C=O) groups is 2. The maximum absolute atomic E-state index is 12.0. The van der Waals surface area contributed by atoms with E-state index in [1.165, 1.54) is 28.7 Å². The van der Waals surface area contributed by atoms with Crippen molar-refractivity contribution in [2.24, 2.45) is 0 Å². The quantitative estimate of drug-likeness (QED) is 0.496. The predicted octanol–water partition coefficient (Wildman–Crippen LogP) is 4.65. The molecule has 3 amide bonds. The Hall–Kier alpha value is -2.91. The number of aromatic nitrogens is 2. The van der Waals surface area contributed by atoms with E-state index in [0.717, 1.165) is 16.8 Å². The number of carbonyl (C=O) groups excluding carboxylic acids is 2. The first-order valence-electron chi connectivity index (χ1n) is 8.87. The van der Waals surface area contributed by atoms with Gasteiger partial charge in [-0.2, -0.15) is 0 Å². The van der Waals surface area contributed by atoms with Gasteiger partial charge < -0.3 is 10.6 Å². The summed E-state index contributed by atoms with van der Waals surface area (Å²) in [7, 11) is 0. The third kappa shape index (κ3) is 6.30. The molecule has 0 fully saturated rings. The number of hydrogen-bond acceptors (Lipinski definition) is 7. The predicted molar refractivity (Wildman–Crippen MR) is 118 cm³/mol. The van der Waals surface area contributed by atoms with Crippen molar-refractivity contribution in [1.29, 1.82) is 0 Å². The van der Waals surface area contributed by atoms with E-state index in [9.17, 15) is 9.59 Å². The molecule has 0 spiro atoms. The van der Waals surface area contributed by atoms with Gasteiger partial charge in [-0.15, -0.1) is 10.2 Å². The number of amides is 3. The molecule has 9 heteroatoms. The van der Waals surface area contributed by atoms with Crippen LogP contribution in [0.2, 0.25) is 0 Å². The monoisotopic (exact) mass is 427 g/mol. The standard InChI is InChI=1S/C20H21N5O2S2/c1-12-4-7-15(8-5-12)21-19-24-25-20(29-19)28-11-17(26)23-18(27)22-16-9-6-13(2)10-14(16)3/h4-10H,11H2,1-3H3,(H,21,24)(H2,22,23,26,27). The van der Waals surface area contributed by atoms with Crippen LogP contribution >= 0.6 is 23.1 Å². The van der Waals surface area contributed by atoms with Crippen molar-refractivity contribution in [2.75, 3.05) is 16.4 Å². The largest absolute Gasteiger partial charge is 0.330 e. The van der Waals surface area contributed by atoms with E-state index >= 15 is 0 Å². The average Bonchev–Trinajstić information content (AvgIpc) is 3.12. The number of rotatable bonds is 6. The van der Waals surface area contributed by atoms with Crippen molar-refractivity contribution in [2.45, 2.75) is 25.1 Å². The fourth-order valence-electron chi connectivity index (χ4n) is 2.48. The lowest BCUT2D eigenvalue weighted by Gasteiger charge is -2.09. The van der Waals surface area contributed by atoms with Crippen LogP contribution in [0.25, 0.3) is 0 Å². The second-order valence-corrected chi connectivity index (χ2v) is 8.67. The SMILES string of the molecule is Cc1ccc(Nc2nnc(SCC(=O)NC(=O)Nc3ccc(C)cc3C)s2)cc1. The Labute approximate surface area is 177 Å². The molecule has 0 aliphatic carbocycles. The first-order valence-corrected chi connectivity index (χ1v) is 10.7. The summed E-state index contributed by atoms with van der Waals surface area (Å²) in [5.41, 5.74) is 4.81. The molecule has 3 rings (SSSR count). The normalized spacial score (nSPS) is 10.4. The molecule has 3 aromatic rings. The number of benzene rings is 2. The lowest BCUT2D eigenvalue weighted by Crippen LogP contribution is -2.35. The Bertz CT molecular complexity index is 1020. The number of anilines is 3. The smallest absolute Gasteiger partial charge is 0.325 e. The zero-order valence-electron chi connectivity index (χ0n) is 16.3. The summed E-state index contributed by atoms with van der Waals surface area (Å²) in [4.78, 5) is 24.0. The summed E-state index contributed by atoms with van der Waals surface area (Å²) in [5, 5.41) is 17.0. The fraction of sp³-hybridized carbons (Fsp3) is 0.200. The van der Waals surface area contributed by atoms with Gasteiger partial charge in [-0.1, -0.05) is 58.5 Å². The lowest BCUT2D eigenvalue weighted by atomic mass is 10.1. The highest BCUT2D eigenvalue weighted by molar-refractivity contribution is 8.01. The summed E-state index contributed by atoms with van der Waals surface area (Å²) in [5.74, 6) is -0.333. The molecule has 0 bridgehead atoms. The van der Waals surface area contributed by atoms with Gasteiger partial charge in [0.15, 0.2) is 4.34 Å². The molecular formula is C20H21N5O2S2. The molecular weight excluding hydrogens is 406 g/mol. The van der Waals surface area contributed by atoms with Crippen LogP contribution in [0.5, 0.6) is 0 Å². The van der Waals surface area contributed by atoms with Crippen LogP contribution < -0.4 is 16.0 Å². The lowest BCUT2D eigenvalue weighted by molar-refractivity contribution is -0.117. The Balaban J connectivity index is 1.46. The van der Waals surface area contributed by atoms with Gasteiger partial charge in [0.1, 0.15) is 0 Å². The zero-order chi connectivity index (χ0) is 20.8. The maximum atomic E-state index is 12.0. The molecule has 3 N–H and O–H groups in total. The minimum atomic E-state index is -0.554. The van der Waals surface area contributed by atoms with Crippen molar-refractivity contribution >= 4 is 51.5 Å². The van der Waals surface area contributed by atoms with Crippen molar-refractivity contribution in [3.05, 3.63) is 59.2 Å². The Kier molecular flexibility index (Phi) is 6.84. The van der Waals surface area contributed by atoms with Crippen LogP contribution in [0.4, 0.5) is 21.3 Å². The molecule has 0 saturated carbocycles. The van der Waals surface area contributed by atoms with Crippen LogP contribution in [-0.4, -0.2) is 27.9 Å². The minimum Gasteiger partial charge on any atom is -0.330 e. The van der Waals surface area contributed by atoms with Crippen LogP contribution in [0, 0.1) is 20.8 Å². The number of hydrogen-bond donors (Lipinski definition) is 3. The van der Waals surface area contributed by atoms with Gasteiger partial charge >= 0.3 is 6.03 Å². The third-order valence-corrected chi connectivity index (χ3v) is 5.89. The van der Waals surface area contributed by atoms with Gasteiger partial charge in [-0.3, -0.25) is 10.1 Å². The van der Waals surface area contributed by atoms with Crippen molar-refractivity contribution in [1.82, 2.24) is 15.5 Å². The van der Waals surface area contributed by atoms with E-state index in [0.29, 0.717) is 15.2 Å². The van der Waals surface area contributed by atoms with E-state index in [-0.39, 0.29) is 5.75 Å². The zero-order valence-corrected chi connectivity index (χ0v) is 17.9. The first-order chi connectivity index (χ1) is 13.9. The molecule has 1 aromatic heterocycles. The molecule has 0 unspecified atom stereocenters. The average molecular weight is 428 g/mol. The van der Waals surface area contributed by atoms with Gasteiger partial charge in [0, 0.05) is 11.4 Å². The third-order valence-electron chi connectivity index (χ3n) is 3.92. The summed E-state index contributed by atoms with van der Waals surface area (Å²) in [6, 6.07) is 13.1. The van der Waals surface area contributed by atoms with E-state index in [1.54, 1.807) is 0 Å². The number of urea groups is 1. The molecule has 0 aliphatic rings.